The number of benzene rings is 2. The minimum Gasteiger partial charge on any atom is -0.481 e. The van der Waals surface area contributed by atoms with Crippen molar-refractivity contribution in [2.24, 2.45) is 0 Å². The van der Waals surface area contributed by atoms with Crippen LogP contribution in [0.2, 0.25) is 0 Å². The first-order chi connectivity index (χ1) is 13.5. The van der Waals surface area contributed by atoms with Crippen LogP contribution in [0.25, 0.3) is 6.08 Å². The first kappa shape index (κ1) is 19.4. The van der Waals surface area contributed by atoms with Gasteiger partial charge in [0.15, 0.2) is 0 Å². The average molecular weight is 373 g/mol. The Morgan fingerprint density at radius 2 is 1.71 bits per heavy atom. The van der Waals surface area contributed by atoms with Gasteiger partial charge in [-0.3, -0.25) is 9.59 Å². The largest absolute Gasteiger partial charge is 0.481 e. The van der Waals surface area contributed by atoms with E-state index in [0.717, 1.165) is 23.1 Å². The minimum absolute atomic E-state index is 0.0306. The van der Waals surface area contributed by atoms with Crippen LogP contribution in [0, 0.1) is 6.92 Å². The Morgan fingerprint density at radius 1 is 1.00 bits per heavy atom. The summed E-state index contributed by atoms with van der Waals surface area (Å²) >= 11 is 0. The number of aromatic nitrogens is 1. The Bertz CT molecular complexity index is 979. The molecule has 0 aliphatic carbocycles. The fourth-order valence-electron chi connectivity index (χ4n) is 3.02. The highest BCUT2D eigenvalue weighted by Crippen LogP contribution is 2.13. The number of rotatable bonds is 8. The molecule has 0 radical (unpaired) electrons. The van der Waals surface area contributed by atoms with Crippen molar-refractivity contribution in [1.82, 2.24) is 4.57 Å². The number of nitrogens with zero attached hydrogens (tertiary/aromatic N) is 1. The number of carboxylic acids is 1. The zero-order valence-corrected chi connectivity index (χ0v) is 15.8. The fourth-order valence-corrected chi connectivity index (χ4v) is 3.02. The van der Waals surface area contributed by atoms with Crippen molar-refractivity contribution in [1.29, 1.82) is 0 Å². The van der Waals surface area contributed by atoms with Gasteiger partial charge in [0.05, 0.1) is 12.1 Å². The zero-order chi connectivity index (χ0) is 19.9. The molecule has 1 N–H and O–H groups in total. The smallest absolute Gasteiger partial charge is 0.307 e. The summed E-state index contributed by atoms with van der Waals surface area (Å²) < 4.78 is 1.97. The lowest BCUT2D eigenvalue weighted by molar-refractivity contribution is -0.136. The number of hydrogen-bond acceptors (Lipinski definition) is 2. The van der Waals surface area contributed by atoms with E-state index in [2.05, 4.69) is 6.08 Å². The van der Waals surface area contributed by atoms with Gasteiger partial charge in [0.2, 0.25) is 5.78 Å². The number of carbonyl (C=O) groups excluding carboxylic acids is 1. The quantitative estimate of drug-likeness (QED) is 0.579. The van der Waals surface area contributed by atoms with Crippen molar-refractivity contribution in [2.45, 2.75) is 26.3 Å². The van der Waals surface area contributed by atoms with Crippen LogP contribution in [-0.2, 0) is 17.8 Å². The number of carbonyl (C=O) groups is 2. The lowest BCUT2D eigenvalue weighted by Gasteiger charge is -2.07. The van der Waals surface area contributed by atoms with Crippen LogP contribution in [0.1, 0.15) is 39.2 Å². The van der Waals surface area contributed by atoms with Crippen molar-refractivity contribution in [2.75, 3.05) is 0 Å². The molecule has 2 aromatic carbocycles. The highest BCUT2D eigenvalue weighted by Gasteiger charge is 2.12. The third-order valence-electron chi connectivity index (χ3n) is 4.56. The molecule has 0 aliphatic heterocycles. The van der Waals surface area contributed by atoms with Crippen molar-refractivity contribution >= 4 is 17.8 Å². The second-order valence-corrected chi connectivity index (χ2v) is 6.79. The third kappa shape index (κ3) is 5.07. The molecule has 3 aromatic rings. The highest BCUT2D eigenvalue weighted by molar-refractivity contribution is 6.08. The molecule has 4 heteroatoms. The van der Waals surface area contributed by atoms with E-state index in [4.69, 9.17) is 5.11 Å². The van der Waals surface area contributed by atoms with E-state index in [1.54, 1.807) is 0 Å². The van der Waals surface area contributed by atoms with Crippen molar-refractivity contribution in [3.8, 4) is 0 Å². The lowest BCUT2D eigenvalue weighted by Crippen LogP contribution is -2.09. The molecule has 0 saturated carbocycles. The SMILES string of the molecule is Cc1ccc(C(=O)c2cccn2CC/C=C/c2ccc(CC(=O)O)cc2)cc1. The van der Waals surface area contributed by atoms with Gasteiger partial charge < -0.3 is 9.67 Å². The van der Waals surface area contributed by atoms with E-state index in [1.807, 2.05) is 84.4 Å². The lowest BCUT2D eigenvalue weighted by atomic mass is 10.1. The number of carboxylic acid groups (broad SMARTS) is 1. The Labute approximate surface area is 164 Å². The zero-order valence-electron chi connectivity index (χ0n) is 15.8. The number of ketones is 1. The summed E-state index contributed by atoms with van der Waals surface area (Å²) in [6.45, 7) is 2.72. The molecular weight excluding hydrogens is 350 g/mol. The molecule has 0 fully saturated rings. The molecule has 0 atom stereocenters. The Hall–Kier alpha value is -3.40. The van der Waals surface area contributed by atoms with Gasteiger partial charge in [-0.15, -0.1) is 0 Å². The predicted molar refractivity (Wildman–Crippen MR) is 110 cm³/mol. The average Bonchev–Trinajstić information content (AvgIpc) is 3.14. The van der Waals surface area contributed by atoms with Crippen LogP contribution in [0.4, 0.5) is 0 Å². The van der Waals surface area contributed by atoms with E-state index >= 15 is 0 Å². The van der Waals surface area contributed by atoms with Crippen LogP contribution in [-0.4, -0.2) is 21.4 Å². The molecule has 1 heterocycles. The first-order valence-electron chi connectivity index (χ1n) is 9.27. The van der Waals surface area contributed by atoms with E-state index in [1.165, 1.54) is 0 Å². The summed E-state index contributed by atoms with van der Waals surface area (Å²) in [6, 6.07) is 18.9. The van der Waals surface area contributed by atoms with E-state index < -0.39 is 5.97 Å². The fraction of sp³-hybridized carbons (Fsp3) is 0.167. The van der Waals surface area contributed by atoms with Crippen LogP contribution >= 0.6 is 0 Å². The first-order valence-corrected chi connectivity index (χ1v) is 9.27. The molecule has 142 valence electrons. The number of hydrogen-bond donors (Lipinski definition) is 1. The Kier molecular flexibility index (Phi) is 6.22. The van der Waals surface area contributed by atoms with Crippen LogP contribution in [0.15, 0.2) is 72.9 Å². The van der Waals surface area contributed by atoms with Gasteiger partial charge in [0.25, 0.3) is 0 Å². The predicted octanol–water partition coefficient (Wildman–Crippen LogP) is 4.76. The molecule has 4 nitrogen and oxygen atoms in total. The molecule has 1 aromatic heterocycles. The number of aryl methyl sites for hydroxylation is 2. The summed E-state index contributed by atoms with van der Waals surface area (Å²) in [6.07, 6.45) is 6.83. The minimum atomic E-state index is -0.828. The topological polar surface area (TPSA) is 59.3 Å². The maximum Gasteiger partial charge on any atom is 0.307 e. The van der Waals surface area contributed by atoms with Crippen molar-refractivity contribution in [3.63, 3.8) is 0 Å². The molecule has 0 unspecified atom stereocenters. The van der Waals surface area contributed by atoms with Gasteiger partial charge in [-0.25, -0.2) is 0 Å². The molecule has 0 saturated heterocycles. The Balaban J connectivity index is 1.59. The second kappa shape index (κ2) is 9.00. The third-order valence-corrected chi connectivity index (χ3v) is 4.56. The van der Waals surface area contributed by atoms with Gasteiger partial charge in [-0.2, -0.15) is 0 Å². The molecule has 0 amide bonds. The molecule has 0 aliphatic rings. The van der Waals surface area contributed by atoms with Crippen molar-refractivity contribution < 1.29 is 14.7 Å². The van der Waals surface area contributed by atoms with Gasteiger partial charge in [0.1, 0.15) is 0 Å². The van der Waals surface area contributed by atoms with E-state index in [-0.39, 0.29) is 12.2 Å². The van der Waals surface area contributed by atoms with Gasteiger partial charge in [0, 0.05) is 18.3 Å². The highest BCUT2D eigenvalue weighted by atomic mass is 16.4. The Morgan fingerprint density at radius 3 is 2.39 bits per heavy atom. The van der Waals surface area contributed by atoms with Crippen LogP contribution < -0.4 is 0 Å². The number of aliphatic carboxylic acids is 1. The summed E-state index contributed by atoms with van der Waals surface area (Å²) in [5.74, 6) is -0.797. The molecule has 0 spiro atoms. The maximum absolute atomic E-state index is 12.7. The van der Waals surface area contributed by atoms with Gasteiger partial charge in [-0.05, 0) is 36.6 Å². The monoisotopic (exact) mass is 373 g/mol. The van der Waals surface area contributed by atoms with Crippen molar-refractivity contribution in [3.05, 3.63) is 101 Å². The summed E-state index contributed by atoms with van der Waals surface area (Å²) in [7, 11) is 0. The summed E-state index contributed by atoms with van der Waals surface area (Å²) in [5.41, 5.74) is 4.33. The number of allylic oxidation sites excluding steroid dienone is 1. The molecule has 28 heavy (non-hydrogen) atoms. The maximum atomic E-state index is 12.7. The van der Waals surface area contributed by atoms with Gasteiger partial charge in [-0.1, -0.05) is 66.2 Å². The van der Waals surface area contributed by atoms with E-state index in [9.17, 15) is 9.59 Å². The normalized spacial score (nSPS) is 11.0. The summed E-state index contributed by atoms with van der Waals surface area (Å²) in [5, 5.41) is 8.81. The molecule has 3 rings (SSSR count). The van der Waals surface area contributed by atoms with Crippen LogP contribution in [0.5, 0.6) is 0 Å². The standard InChI is InChI=1S/C24H23NO3/c1-18-7-13-21(14-8-18)24(28)22-6-4-16-25(22)15-3-2-5-19-9-11-20(12-10-19)17-23(26)27/h2,4-14,16H,3,15,17H2,1H3,(H,26,27)/b5-2+. The summed E-state index contributed by atoms with van der Waals surface area (Å²) in [4.78, 5) is 23.4. The van der Waals surface area contributed by atoms with Gasteiger partial charge >= 0.3 is 5.97 Å². The molecular formula is C24H23NO3. The van der Waals surface area contributed by atoms with E-state index in [0.29, 0.717) is 17.8 Å². The van der Waals surface area contributed by atoms with Crippen LogP contribution in [0.3, 0.4) is 0 Å². The second-order valence-electron chi connectivity index (χ2n) is 6.79. The molecule has 0 bridgehead atoms.